The number of imidazole rings is 1. The number of hydrogen-bond donors (Lipinski definition) is 1. The molecule has 0 unspecified atom stereocenters. The van der Waals surface area contributed by atoms with Gasteiger partial charge in [-0.15, -0.1) is 11.3 Å². The van der Waals surface area contributed by atoms with Gasteiger partial charge in [-0.25, -0.2) is 4.98 Å². The smallest absolute Gasteiger partial charge is 0.140 e. The number of pyridine rings is 1. The number of rotatable bonds is 3. The highest BCUT2D eigenvalue weighted by atomic mass is 32.1. The van der Waals surface area contributed by atoms with Crippen molar-refractivity contribution in [3.8, 4) is 10.6 Å². The molecule has 1 aliphatic carbocycles. The Labute approximate surface area is 135 Å². The molecule has 4 heteroatoms. The van der Waals surface area contributed by atoms with Gasteiger partial charge in [0, 0.05) is 11.7 Å². The number of hydrogen-bond acceptors (Lipinski definition) is 3. The highest BCUT2D eigenvalue weighted by Crippen LogP contribution is 2.34. The first-order valence-electron chi connectivity index (χ1n) is 8.11. The van der Waals surface area contributed by atoms with Crippen molar-refractivity contribution in [3.05, 3.63) is 41.4 Å². The molecular weight excluding hydrogens is 290 g/mol. The first kappa shape index (κ1) is 13.8. The lowest BCUT2D eigenvalue weighted by Gasteiger charge is -2.24. The largest absolute Gasteiger partial charge is 0.367 e. The Kier molecular flexibility index (Phi) is 3.62. The number of nitrogens with zero attached hydrogens (tertiary/aromatic N) is 2. The van der Waals surface area contributed by atoms with E-state index in [1.807, 2.05) is 0 Å². The quantitative estimate of drug-likeness (QED) is 0.728. The lowest BCUT2D eigenvalue weighted by molar-refractivity contribution is 0.461. The van der Waals surface area contributed by atoms with Gasteiger partial charge in [0.05, 0.1) is 4.88 Å². The molecule has 0 spiro atoms. The number of aryl methyl sites for hydroxylation is 1. The van der Waals surface area contributed by atoms with Crippen molar-refractivity contribution in [1.82, 2.24) is 9.38 Å². The maximum Gasteiger partial charge on any atom is 0.140 e. The molecule has 0 atom stereocenters. The van der Waals surface area contributed by atoms with Crippen LogP contribution in [0.25, 0.3) is 16.2 Å². The second-order valence-corrected chi connectivity index (χ2v) is 7.07. The molecule has 22 heavy (non-hydrogen) atoms. The van der Waals surface area contributed by atoms with E-state index >= 15 is 0 Å². The molecule has 0 amide bonds. The van der Waals surface area contributed by atoms with Gasteiger partial charge >= 0.3 is 0 Å². The molecule has 1 aliphatic rings. The Hall–Kier alpha value is -1.81. The van der Waals surface area contributed by atoms with Crippen molar-refractivity contribution in [2.75, 3.05) is 5.32 Å². The maximum atomic E-state index is 4.89. The predicted molar refractivity (Wildman–Crippen MR) is 93.7 cm³/mol. The first-order chi connectivity index (χ1) is 10.8. The van der Waals surface area contributed by atoms with Crippen LogP contribution in [0.2, 0.25) is 0 Å². The summed E-state index contributed by atoms with van der Waals surface area (Å²) in [5.41, 5.74) is 3.35. The average Bonchev–Trinajstić information content (AvgIpc) is 3.17. The molecule has 0 bridgehead atoms. The second-order valence-electron chi connectivity index (χ2n) is 6.13. The van der Waals surface area contributed by atoms with E-state index < -0.39 is 0 Å². The van der Waals surface area contributed by atoms with Crippen LogP contribution >= 0.6 is 11.3 Å². The normalized spacial score (nSPS) is 16.2. The Bertz CT molecular complexity index is 767. The molecule has 3 aromatic heterocycles. The molecule has 0 aromatic carbocycles. The van der Waals surface area contributed by atoms with E-state index in [4.69, 9.17) is 4.98 Å². The molecule has 1 fully saturated rings. The summed E-state index contributed by atoms with van der Waals surface area (Å²) in [5.74, 6) is 1.17. The number of anilines is 1. The van der Waals surface area contributed by atoms with Gasteiger partial charge in [0.15, 0.2) is 0 Å². The van der Waals surface area contributed by atoms with Crippen LogP contribution in [0, 0.1) is 6.92 Å². The van der Waals surface area contributed by atoms with E-state index in [1.165, 1.54) is 48.5 Å². The van der Waals surface area contributed by atoms with Crippen LogP contribution in [0.1, 0.15) is 37.8 Å². The van der Waals surface area contributed by atoms with E-state index in [1.54, 1.807) is 11.3 Å². The lowest BCUT2D eigenvalue weighted by atomic mass is 9.95. The summed E-state index contributed by atoms with van der Waals surface area (Å²) < 4.78 is 2.27. The van der Waals surface area contributed by atoms with Crippen LogP contribution < -0.4 is 5.32 Å². The zero-order valence-corrected chi connectivity index (χ0v) is 13.7. The fourth-order valence-corrected chi connectivity index (χ4v) is 4.13. The minimum Gasteiger partial charge on any atom is -0.367 e. The summed E-state index contributed by atoms with van der Waals surface area (Å²) in [6.07, 6.45) is 6.58. The SMILES string of the molecule is Cc1cccc2nc(-c3cccs3)c(NC3CCCCC3)n12. The fourth-order valence-electron chi connectivity index (χ4n) is 3.41. The highest BCUT2D eigenvalue weighted by molar-refractivity contribution is 7.13. The van der Waals surface area contributed by atoms with Crippen molar-refractivity contribution in [1.29, 1.82) is 0 Å². The number of nitrogens with one attached hydrogen (secondary N) is 1. The third kappa shape index (κ3) is 2.41. The summed E-state index contributed by atoms with van der Waals surface area (Å²) >= 11 is 1.76. The van der Waals surface area contributed by atoms with Crippen LogP contribution in [-0.4, -0.2) is 15.4 Å². The monoisotopic (exact) mass is 311 g/mol. The van der Waals surface area contributed by atoms with E-state index in [0.717, 1.165) is 11.3 Å². The summed E-state index contributed by atoms with van der Waals surface area (Å²) in [6.45, 7) is 2.15. The van der Waals surface area contributed by atoms with E-state index in [-0.39, 0.29) is 0 Å². The molecule has 4 rings (SSSR count). The molecule has 3 aromatic rings. The van der Waals surface area contributed by atoms with Gasteiger partial charge in [-0.2, -0.15) is 0 Å². The highest BCUT2D eigenvalue weighted by Gasteiger charge is 2.20. The zero-order chi connectivity index (χ0) is 14.9. The first-order valence-corrected chi connectivity index (χ1v) is 8.99. The van der Waals surface area contributed by atoms with Crippen molar-refractivity contribution >= 4 is 22.8 Å². The summed E-state index contributed by atoms with van der Waals surface area (Å²) in [5, 5.41) is 5.93. The molecule has 3 heterocycles. The molecule has 3 nitrogen and oxygen atoms in total. The van der Waals surface area contributed by atoms with Gasteiger partial charge in [0.25, 0.3) is 0 Å². The van der Waals surface area contributed by atoms with Crippen LogP contribution in [0.15, 0.2) is 35.7 Å². The maximum absolute atomic E-state index is 4.89. The number of aromatic nitrogens is 2. The van der Waals surface area contributed by atoms with Crippen LogP contribution in [-0.2, 0) is 0 Å². The van der Waals surface area contributed by atoms with Gasteiger partial charge in [0.2, 0.25) is 0 Å². The zero-order valence-electron chi connectivity index (χ0n) is 12.9. The third-order valence-corrected chi connectivity index (χ3v) is 5.42. The van der Waals surface area contributed by atoms with E-state index in [2.05, 4.69) is 52.4 Å². The summed E-state index contributed by atoms with van der Waals surface area (Å²) in [6, 6.07) is 11.2. The van der Waals surface area contributed by atoms with Crippen LogP contribution in [0.3, 0.4) is 0 Å². The Morgan fingerprint density at radius 3 is 2.77 bits per heavy atom. The van der Waals surface area contributed by atoms with E-state index in [0.29, 0.717) is 6.04 Å². The fraction of sp³-hybridized carbons (Fsp3) is 0.389. The Morgan fingerprint density at radius 1 is 1.14 bits per heavy atom. The molecule has 0 aliphatic heterocycles. The van der Waals surface area contributed by atoms with Gasteiger partial charge in [-0.05, 0) is 43.3 Å². The third-order valence-electron chi connectivity index (χ3n) is 4.54. The Balaban J connectivity index is 1.83. The second kappa shape index (κ2) is 5.76. The van der Waals surface area contributed by atoms with Crippen LogP contribution in [0.4, 0.5) is 5.82 Å². The molecular formula is C18H21N3S. The van der Waals surface area contributed by atoms with Gasteiger partial charge in [-0.1, -0.05) is 31.4 Å². The standard InChI is InChI=1S/C18H21N3S/c1-13-7-5-11-16-20-17(15-10-6-12-22-15)18(21(13)16)19-14-8-3-2-4-9-14/h5-7,10-12,14,19H,2-4,8-9H2,1H3. The van der Waals surface area contributed by atoms with Gasteiger partial charge in [0.1, 0.15) is 17.2 Å². The molecule has 114 valence electrons. The van der Waals surface area contributed by atoms with Crippen molar-refractivity contribution in [2.24, 2.45) is 0 Å². The molecule has 1 saturated carbocycles. The van der Waals surface area contributed by atoms with Crippen molar-refractivity contribution in [2.45, 2.75) is 45.1 Å². The van der Waals surface area contributed by atoms with Crippen molar-refractivity contribution < 1.29 is 0 Å². The minimum absolute atomic E-state index is 0.576. The predicted octanol–water partition coefficient (Wildman–Crippen LogP) is 5.12. The number of thiophene rings is 1. The summed E-state index contributed by atoms with van der Waals surface area (Å²) in [4.78, 5) is 6.13. The van der Waals surface area contributed by atoms with Gasteiger partial charge < -0.3 is 5.32 Å². The lowest BCUT2D eigenvalue weighted by Crippen LogP contribution is -2.23. The Morgan fingerprint density at radius 2 is 2.00 bits per heavy atom. The van der Waals surface area contributed by atoms with Crippen molar-refractivity contribution in [3.63, 3.8) is 0 Å². The minimum atomic E-state index is 0.576. The summed E-state index contributed by atoms with van der Waals surface area (Å²) in [7, 11) is 0. The average molecular weight is 311 g/mol. The molecule has 1 N–H and O–H groups in total. The van der Waals surface area contributed by atoms with Crippen LogP contribution in [0.5, 0.6) is 0 Å². The van der Waals surface area contributed by atoms with Gasteiger partial charge in [-0.3, -0.25) is 4.40 Å². The topological polar surface area (TPSA) is 29.3 Å². The number of fused-ring (bicyclic) bond motifs is 1. The molecule has 0 saturated heterocycles. The molecule has 0 radical (unpaired) electrons. The van der Waals surface area contributed by atoms with E-state index in [9.17, 15) is 0 Å².